The monoisotopic (exact) mass is 1100 g/mol. The largest absolute Gasteiger partial charge is 0.433 e. The molecule has 24 heteroatoms. The van der Waals surface area contributed by atoms with E-state index in [0.717, 1.165) is 63.4 Å². The quantitative estimate of drug-likeness (QED) is 0.0494. The van der Waals surface area contributed by atoms with Crippen molar-refractivity contribution in [2.24, 2.45) is 5.92 Å². The molecule has 0 bridgehead atoms. The SMILES string of the molecule is CSN(C(=O)N1CCC(N2CCCCC2)CC1)c1nn(CC(F)(F)F)c2c(-c3ccc(C#CC(C)(C)SC)nc3C(Cc3cc(F)cc(F)c3)NC(=O)CNC3=C(C(=N)C(F)(F)F)[C@@H](C)CC3(F)F)ccc(Cl)c12. The summed E-state index contributed by atoms with van der Waals surface area (Å²) in [6.45, 7) is 4.66. The van der Waals surface area contributed by atoms with Gasteiger partial charge < -0.3 is 20.4 Å². The number of carbonyl (C=O) groups is 2. The minimum Gasteiger partial charge on any atom is -0.374 e. The Balaban J connectivity index is 1.37. The highest BCUT2D eigenvalue weighted by atomic mass is 35.5. The molecule has 2 aromatic heterocycles. The zero-order valence-corrected chi connectivity index (χ0v) is 43.3. The summed E-state index contributed by atoms with van der Waals surface area (Å²) in [7, 11) is 0. The third-order valence-electron chi connectivity index (χ3n) is 13.3. The molecule has 1 aliphatic carbocycles. The Labute approximate surface area is 435 Å². The van der Waals surface area contributed by atoms with Crippen molar-refractivity contribution < 1.29 is 53.5 Å². The lowest BCUT2D eigenvalue weighted by molar-refractivity contribution is -0.141. The summed E-state index contributed by atoms with van der Waals surface area (Å²) >= 11 is 9.21. The number of alkyl halides is 8. The predicted octanol–water partition coefficient (Wildman–Crippen LogP) is 11.7. The Hall–Kier alpha value is -5.18. The van der Waals surface area contributed by atoms with Crippen molar-refractivity contribution in [3.8, 4) is 23.0 Å². The number of nitrogens with one attached hydrogen (secondary N) is 3. The van der Waals surface area contributed by atoms with Gasteiger partial charge in [0.2, 0.25) is 5.91 Å². The molecule has 0 radical (unpaired) electrons. The number of hydrogen-bond acceptors (Lipinski definition) is 9. The fraction of sp³-hybridized carbons (Fsp3) is 0.500. The standard InChI is InChI=1S/C50H54ClF10N9O2S2/c1-28-25-48(54,55)44(39(28)43(62)50(59,60)61)63-26-38(71)65-37(23-29-21-30(52)24-31(53)22-29)41-34(10-9-32(64-41)13-16-47(2,3)73-4)35-11-12-36(51)40-42(35)69(27-49(56,57)58)66-45(40)70(74-5)46(72)68-19-14-33(15-20-68)67-17-7-6-8-18-67/h9-12,21-22,24,28,33,37,62-63H,6-8,14-15,17-20,23,25-27H2,1-5H3,(H,65,71)/t28-,37?/m0/s1. The summed E-state index contributed by atoms with van der Waals surface area (Å²) in [5.41, 5.74) is -4.74. The number of nitrogens with zero attached hydrogens (tertiary/aromatic N) is 6. The number of benzene rings is 2. The van der Waals surface area contributed by atoms with E-state index in [0.29, 0.717) is 36.7 Å². The second kappa shape index (κ2) is 22.6. The van der Waals surface area contributed by atoms with Gasteiger partial charge in [-0.1, -0.05) is 36.9 Å². The van der Waals surface area contributed by atoms with Crippen LogP contribution in [0.3, 0.4) is 0 Å². The number of thioether (sulfide) groups is 1. The van der Waals surface area contributed by atoms with Crippen molar-refractivity contribution in [3.05, 3.63) is 87.3 Å². The molecule has 2 fully saturated rings. The van der Waals surface area contributed by atoms with Crippen LogP contribution in [0, 0.1) is 34.8 Å². The van der Waals surface area contributed by atoms with Crippen LogP contribution in [0.4, 0.5) is 54.5 Å². The molecule has 1 unspecified atom stereocenters. The zero-order valence-electron chi connectivity index (χ0n) is 40.9. The number of amides is 3. The van der Waals surface area contributed by atoms with Crippen molar-refractivity contribution >= 4 is 69.7 Å². The molecule has 2 aliphatic heterocycles. The predicted molar refractivity (Wildman–Crippen MR) is 268 cm³/mol. The smallest absolute Gasteiger partial charge is 0.374 e. The number of allylic oxidation sites excluding steroid dienone is 2. The first-order valence-electron chi connectivity index (χ1n) is 23.7. The van der Waals surface area contributed by atoms with Gasteiger partial charge >= 0.3 is 18.4 Å². The molecule has 4 heterocycles. The highest BCUT2D eigenvalue weighted by molar-refractivity contribution is 8.00. The Bertz CT molecular complexity index is 2850. The number of carbonyl (C=O) groups excluding carboxylic acids is 2. The number of likely N-dealkylation sites (tertiary alicyclic amines) is 2. The summed E-state index contributed by atoms with van der Waals surface area (Å²) in [4.78, 5) is 37.3. The molecular formula is C50H54ClF10N9O2S2. The highest BCUT2D eigenvalue weighted by Gasteiger charge is 2.51. The molecule has 0 saturated carbocycles. The van der Waals surface area contributed by atoms with Crippen LogP contribution in [0.25, 0.3) is 22.0 Å². The Morgan fingerprint density at radius 3 is 2.22 bits per heavy atom. The molecular weight excluding hydrogens is 1050 g/mol. The summed E-state index contributed by atoms with van der Waals surface area (Å²) in [6.07, 6.45) is -3.68. The van der Waals surface area contributed by atoms with E-state index in [-0.39, 0.29) is 55.9 Å². The lowest BCUT2D eigenvalue weighted by atomic mass is 9.93. The topological polar surface area (TPSA) is 122 Å². The molecule has 74 heavy (non-hydrogen) atoms. The lowest BCUT2D eigenvalue weighted by Crippen LogP contribution is -2.50. The van der Waals surface area contributed by atoms with Crippen molar-refractivity contribution in [3.63, 3.8) is 0 Å². The number of pyridine rings is 1. The van der Waals surface area contributed by atoms with Crippen LogP contribution in [0.2, 0.25) is 5.02 Å². The third-order valence-corrected chi connectivity index (χ3v) is 15.4. The maximum absolute atomic E-state index is 15.3. The van der Waals surface area contributed by atoms with E-state index in [1.165, 1.54) is 40.3 Å². The van der Waals surface area contributed by atoms with Gasteiger partial charge in [-0.3, -0.25) is 14.9 Å². The lowest BCUT2D eigenvalue weighted by Gasteiger charge is -2.40. The first-order chi connectivity index (χ1) is 34.7. The number of fused-ring (bicyclic) bond motifs is 1. The molecule has 3 N–H and O–H groups in total. The first-order valence-corrected chi connectivity index (χ1v) is 26.5. The van der Waals surface area contributed by atoms with Gasteiger partial charge in [-0.05, 0) is 125 Å². The minimum absolute atomic E-state index is 0.00735. The van der Waals surface area contributed by atoms with E-state index in [2.05, 4.69) is 32.5 Å². The Morgan fingerprint density at radius 1 is 0.959 bits per heavy atom. The van der Waals surface area contributed by atoms with Crippen molar-refractivity contribution in [1.29, 1.82) is 5.41 Å². The van der Waals surface area contributed by atoms with Crippen LogP contribution < -0.4 is 14.9 Å². The Kier molecular flexibility index (Phi) is 17.2. The fourth-order valence-electron chi connectivity index (χ4n) is 9.67. The molecule has 3 aliphatic rings. The van der Waals surface area contributed by atoms with Gasteiger partial charge in [0.1, 0.15) is 29.6 Å². The van der Waals surface area contributed by atoms with Gasteiger partial charge in [0, 0.05) is 54.6 Å². The summed E-state index contributed by atoms with van der Waals surface area (Å²) in [5, 5.41) is 16.7. The molecule has 0 spiro atoms. The molecule has 3 amide bonds. The van der Waals surface area contributed by atoms with Gasteiger partial charge in [-0.25, -0.2) is 22.9 Å². The number of hydrogen-bond donors (Lipinski definition) is 3. The maximum atomic E-state index is 15.3. The second-order valence-electron chi connectivity index (χ2n) is 19.0. The molecule has 7 rings (SSSR count). The normalized spacial score (nSPS) is 18.3. The van der Waals surface area contributed by atoms with E-state index in [1.54, 1.807) is 11.2 Å². The average molecular weight is 1100 g/mol. The van der Waals surface area contributed by atoms with Crippen molar-refractivity contribution in [2.75, 3.05) is 49.5 Å². The fourth-order valence-corrected chi connectivity index (χ4v) is 10.6. The van der Waals surface area contributed by atoms with Crippen LogP contribution in [0.1, 0.15) is 82.3 Å². The summed E-state index contributed by atoms with van der Waals surface area (Å²) in [5.74, 6) is -2.70. The summed E-state index contributed by atoms with van der Waals surface area (Å²) < 4.78 is 147. The molecule has 11 nitrogen and oxygen atoms in total. The number of urea groups is 1. The third kappa shape index (κ3) is 13.1. The highest BCUT2D eigenvalue weighted by Crippen LogP contribution is 2.46. The van der Waals surface area contributed by atoms with Crippen LogP contribution in [-0.4, -0.2) is 117 Å². The molecule has 400 valence electrons. The van der Waals surface area contributed by atoms with Crippen LogP contribution in [-0.2, 0) is 17.8 Å². The maximum Gasteiger partial charge on any atom is 0.433 e. The first kappa shape index (κ1) is 56.5. The van der Waals surface area contributed by atoms with Gasteiger partial charge in [0.15, 0.2) is 5.82 Å². The van der Waals surface area contributed by atoms with E-state index in [4.69, 9.17) is 22.0 Å². The van der Waals surface area contributed by atoms with Crippen LogP contribution in [0.5, 0.6) is 0 Å². The Morgan fingerprint density at radius 2 is 1.61 bits per heavy atom. The number of aromatic nitrogens is 3. The van der Waals surface area contributed by atoms with E-state index in [1.807, 2.05) is 20.1 Å². The van der Waals surface area contributed by atoms with Gasteiger partial charge in [-0.2, -0.15) is 40.2 Å². The number of rotatable bonds is 14. The second-order valence-corrected chi connectivity index (χ2v) is 21.6. The average Bonchev–Trinajstić information content (AvgIpc) is 3.80. The van der Waals surface area contributed by atoms with Crippen molar-refractivity contribution in [2.45, 2.75) is 107 Å². The van der Waals surface area contributed by atoms with Crippen molar-refractivity contribution in [1.82, 2.24) is 35.2 Å². The van der Waals surface area contributed by atoms with E-state index in [9.17, 15) is 44.7 Å². The summed E-state index contributed by atoms with van der Waals surface area (Å²) in [6, 6.07) is 6.34. The van der Waals surface area contributed by atoms with Crippen LogP contribution in [0.15, 0.2) is 53.7 Å². The van der Waals surface area contributed by atoms with Gasteiger partial charge in [0.05, 0.1) is 44.7 Å². The molecule has 4 aromatic rings. The zero-order chi connectivity index (χ0) is 54.1. The number of piperidine rings is 2. The molecule has 2 atom stereocenters. The minimum atomic E-state index is -5.30. The number of anilines is 1. The van der Waals surface area contributed by atoms with Gasteiger partial charge in [-0.15, -0.1) is 11.8 Å². The van der Waals surface area contributed by atoms with E-state index >= 15 is 8.78 Å². The number of halogens is 11. The van der Waals surface area contributed by atoms with Gasteiger partial charge in [0.25, 0.3) is 5.92 Å². The van der Waals surface area contributed by atoms with Crippen LogP contribution >= 0.6 is 35.3 Å². The molecule has 2 saturated heterocycles. The molecule has 2 aromatic carbocycles. The van der Waals surface area contributed by atoms with E-state index < -0.39 is 101 Å².